The summed E-state index contributed by atoms with van der Waals surface area (Å²) in [7, 11) is 0. The van der Waals surface area contributed by atoms with E-state index in [1.54, 1.807) is 0 Å². The smallest absolute Gasteiger partial charge is 0.155 e. The summed E-state index contributed by atoms with van der Waals surface area (Å²) in [6.45, 7) is 5.77. The summed E-state index contributed by atoms with van der Waals surface area (Å²) in [6.07, 6.45) is 1.86. The number of benzene rings is 1. The second-order valence-electron chi connectivity index (χ2n) is 7.13. The Morgan fingerprint density at radius 2 is 1.96 bits per heavy atom. The molecule has 26 heavy (non-hydrogen) atoms. The number of halogens is 1. The van der Waals surface area contributed by atoms with Crippen molar-refractivity contribution in [2.75, 3.05) is 19.8 Å². The minimum absolute atomic E-state index is 0.0275. The third kappa shape index (κ3) is 3.26. The third-order valence-corrected chi connectivity index (χ3v) is 5.11. The summed E-state index contributed by atoms with van der Waals surface area (Å²) in [4.78, 5) is 6.68. The summed E-state index contributed by atoms with van der Waals surface area (Å²) in [5, 5.41) is 14.5. The summed E-state index contributed by atoms with van der Waals surface area (Å²) >= 11 is 0. The molecule has 0 bridgehead atoms. The fourth-order valence-corrected chi connectivity index (χ4v) is 3.71. The van der Waals surface area contributed by atoms with Crippen LogP contribution in [0.5, 0.6) is 0 Å². The monoisotopic (exact) mass is 354 g/mol. The third-order valence-electron chi connectivity index (χ3n) is 5.11. The van der Waals surface area contributed by atoms with E-state index >= 15 is 0 Å². The molecule has 1 aromatic carbocycles. The van der Waals surface area contributed by atoms with E-state index in [0.717, 1.165) is 41.6 Å². The number of nitrogens with one attached hydrogen (secondary N) is 2. The van der Waals surface area contributed by atoms with E-state index in [-0.39, 0.29) is 18.5 Å². The van der Waals surface area contributed by atoms with Crippen LogP contribution in [0.1, 0.15) is 28.7 Å². The Bertz CT molecular complexity index is 868. The molecule has 3 heterocycles. The minimum Gasteiger partial charge on any atom is -0.298 e. The number of nitrogens with zero attached hydrogens (tertiary/aromatic N) is 4. The normalized spacial score (nSPS) is 20.7. The van der Waals surface area contributed by atoms with Crippen LogP contribution in [0.2, 0.25) is 0 Å². The van der Waals surface area contributed by atoms with Crippen LogP contribution in [0.15, 0.2) is 30.5 Å². The topological polar surface area (TPSA) is 73.5 Å². The van der Waals surface area contributed by atoms with Gasteiger partial charge in [0.05, 0.1) is 18.6 Å². The predicted octanol–water partition coefficient (Wildman–Crippen LogP) is 3.00. The van der Waals surface area contributed by atoms with Crippen LogP contribution in [-0.4, -0.2) is 50.0 Å². The Balaban J connectivity index is 1.52. The van der Waals surface area contributed by atoms with E-state index < -0.39 is 0 Å². The molecule has 0 saturated carbocycles. The molecule has 3 aromatic rings. The zero-order valence-electron chi connectivity index (χ0n) is 15.0. The lowest BCUT2D eigenvalue weighted by Crippen LogP contribution is -2.20. The van der Waals surface area contributed by atoms with E-state index in [4.69, 9.17) is 0 Å². The van der Waals surface area contributed by atoms with Gasteiger partial charge in [-0.05, 0) is 19.4 Å². The zero-order chi connectivity index (χ0) is 18.1. The Morgan fingerprint density at radius 3 is 2.65 bits per heavy atom. The predicted molar refractivity (Wildman–Crippen MR) is 97.4 cm³/mol. The average Bonchev–Trinajstić information content (AvgIpc) is 3.35. The second-order valence-corrected chi connectivity index (χ2v) is 7.13. The number of rotatable bonds is 5. The van der Waals surface area contributed by atoms with Gasteiger partial charge in [0.15, 0.2) is 5.82 Å². The molecule has 0 aliphatic carbocycles. The molecule has 0 radical (unpaired) electrons. The van der Waals surface area contributed by atoms with Crippen molar-refractivity contribution in [2.45, 2.75) is 26.3 Å². The number of hydrogen-bond acceptors (Lipinski definition) is 4. The maximum absolute atomic E-state index is 13.6. The molecule has 136 valence electrons. The zero-order valence-corrected chi connectivity index (χ0v) is 15.0. The Hall–Kier alpha value is -2.54. The maximum Gasteiger partial charge on any atom is 0.155 e. The molecule has 1 aliphatic heterocycles. The molecule has 7 heteroatoms. The van der Waals surface area contributed by atoms with Gasteiger partial charge in [-0.1, -0.05) is 29.8 Å². The van der Waals surface area contributed by atoms with Gasteiger partial charge in [-0.25, -0.2) is 4.98 Å². The standard InChI is InChI=1S/C19H23FN6/c1-12-3-5-14(6-4-12)18-16(8-21-24-18)10-26-9-15(7-20)17(11-26)19-22-13(2)23-25-19/h3-6,8,15,17H,7,9-11H2,1-2H3,(H,21,24)(H,22,23,25). The van der Waals surface area contributed by atoms with Gasteiger partial charge in [0.25, 0.3) is 0 Å². The Labute approximate surface area is 151 Å². The van der Waals surface area contributed by atoms with Crippen molar-refractivity contribution < 1.29 is 4.39 Å². The highest BCUT2D eigenvalue weighted by Gasteiger charge is 2.36. The van der Waals surface area contributed by atoms with Gasteiger partial charge in [-0.2, -0.15) is 10.2 Å². The quantitative estimate of drug-likeness (QED) is 0.739. The lowest BCUT2D eigenvalue weighted by molar-refractivity contribution is 0.296. The molecule has 2 unspecified atom stereocenters. The molecular weight excluding hydrogens is 331 g/mol. The molecule has 2 atom stereocenters. The van der Waals surface area contributed by atoms with Crippen LogP contribution in [0.3, 0.4) is 0 Å². The van der Waals surface area contributed by atoms with Crippen molar-refractivity contribution in [1.29, 1.82) is 0 Å². The van der Waals surface area contributed by atoms with E-state index in [0.29, 0.717) is 6.54 Å². The van der Waals surface area contributed by atoms with Crippen LogP contribution >= 0.6 is 0 Å². The lowest BCUT2D eigenvalue weighted by atomic mass is 9.97. The van der Waals surface area contributed by atoms with Crippen molar-refractivity contribution in [3.63, 3.8) is 0 Å². The van der Waals surface area contributed by atoms with Gasteiger partial charge in [-0.3, -0.25) is 19.5 Å². The molecule has 1 aliphatic rings. The number of aromatic nitrogens is 5. The number of hydrogen-bond donors (Lipinski definition) is 2. The molecular formula is C19H23FN6. The lowest BCUT2D eigenvalue weighted by Gasteiger charge is -2.15. The van der Waals surface area contributed by atoms with Crippen molar-refractivity contribution in [3.8, 4) is 11.3 Å². The van der Waals surface area contributed by atoms with Crippen LogP contribution < -0.4 is 0 Å². The number of aromatic amines is 2. The van der Waals surface area contributed by atoms with E-state index in [1.165, 1.54) is 5.56 Å². The second kappa shape index (κ2) is 6.99. The highest BCUT2D eigenvalue weighted by molar-refractivity contribution is 5.62. The number of aryl methyl sites for hydroxylation is 2. The van der Waals surface area contributed by atoms with Crippen molar-refractivity contribution >= 4 is 0 Å². The van der Waals surface area contributed by atoms with E-state index in [1.807, 2.05) is 13.1 Å². The van der Waals surface area contributed by atoms with Crippen LogP contribution in [0, 0.1) is 19.8 Å². The SMILES string of the molecule is Cc1ccc(-c2[nH]ncc2CN2CC(CF)C(c3n[nH]c(C)n3)C2)cc1. The minimum atomic E-state index is -0.356. The first-order chi connectivity index (χ1) is 12.6. The number of H-pyrrole nitrogens is 2. The molecule has 2 aromatic heterocycles. The first kappa shape index (κ1) is 16.9. The van der Waals surface area contributed by atoms with Gasteiger partial charge in [0.1, 0.15) is 5.82 Å². The van der Waals surface area contributed by atoms with Crippen molar-refractivity contribution in [2.24, 2.45) is 5.92 Å². The Kier molecular flexibility index (Phi) is 4.55. The van der Waals surface area contributed by atoms with Gasteiger partial charge >= 0.3 is 0 Å². The van der Waals surface area contributed by atoms with Gasteiger partial charge in [0.2, 0.25) is 0 Å². The summed E-state index contributed by atoms with van der Waals surface area (Å²) in [6, 6.07) is 8.38. The van der Waals surface area contributed by atoms with Crippen molar-refractivity contribution in [3.05, 3.63) is 53.2 Å². The van der Waals surface area contributed by atoms with E-state index in [2.05, 4.69) is 61.5 Å². The van der Waals surface area contributed by atoms with Gasteiger partial charge < -0.3 is 0 Å². The number of alkyl halides is 1. The molecule has 1 fully saturated rings. The van der Waals surface area contributed by atoms with E-state index in [9.17, 15) is 4.39 Å². The number of likely N-dealkylation sites (tertiary alicyclic amines) is 1. The van der Waals surface area contributed by atoms with Crippen LogP contribution in [0.25, 0.3) is 11.3 Å². The first-order valence-electron chi connectivity index (χ1n) is 8.90. The van der Waals surface area contributed by atoms with Gasteiger partial charge in [-0.15, -0.1) is 0 Å². The average molecular weight is 354 g/mol. The molecule has 4 rings (SSSR count). The largest absolute Gasteiger partial charge is 0.298 e. The summed E-state index contributed by atoms with van der Waals surface area (Å²) in [5.74, 6) is 1.45. The maximum atomic E-state index is 13.6. The molecule has 2 N–H and O–H groups in total. The first-order valence-corrected chi connectivity index (χ1v) is 8.90. The molecule has 0 spiro atoms. The van der Waals surface area contributed by atoms with Crippen LogP contribution in [0.4, 0.5) is 4.39 Å². The Morgan fingerprint density at radius 1 is 1.15 bits per heavy atom. The fraction of sp³-hybridized carbons (Fsp3) is 0.421. The molecule has 6 nitrogen and oxygen atoms in total. The van der Waals surface area contributed by atoms with Gasteiger partial charge in [0, 0.05) is 37.0 Å². The molecule has 1 saturated heterocycles. The summed E-state index contributed by atoms with van der Waals surface area (Å²) in [5.41, 5.74) is 4.49. The summed E-state index contributed by atoms with van der Waals surface area (Å²) < 4.78 is 13.6. The molecule has 0 amide bonds. The van der Waals surface area contributed by atoms with Crippen LogP contribution in [-0.2, 0) is 6.54 Å². The van der Waals surface area contributed by atoms with Crippen molar-refractivity contribution in [1.82, 2.24) is 30.3 Å². The highest BCUT2D eigenvalue weighted by Crippen LogP contribution is 2.33. The highest BCUT2D eigenvalue weighted by atomic mass is 19.1. The fourth-order valence-electron chi connectivity index (χ4n) is 3.71.